The van der Waals surface area contributed by atoms with Gasteiger partial charge in [-0.25, -0.2) is 0 Å². The van der Waals surface area contributed by atoms with Gasteiger partial charge in [-0.15, -0.1) is 0 Å². The van der Waals surface area contributed by atoms with E-state index in [2.05, 4.69) is 31.8 Å². The molecule has 1 aromatic carbocycles. The molecule has 0 N–H and O–H groups in total. The van der Waals surface area contributed by atoms with Gasteiger partial charge in [0.2, 0.25) is 0 Å². The number of Topliss-reactive ketones (excluding diaryl/α,β-unsaturated/α-hetero) is 1. The van der Waals surface area contributed by atoms with Crippen LogP contribution in [0, 0.1) is 0 Å². The van der Waals surface area contributed by atoms with Crippen molar-refractivity contribution >= 4 is 13.9 Å². The number of benzene rings is 1. The summed E-state index contributed by atoms with van der Waals surface area (Å²) in [6.45, 7) is 6.95. The van der Waals surface area contributed by atoms with Crippen LogP contribution in [0.1, 0.15) is 18.4 Å². The van der Waals surface area contributed by atoms with Crippen LogP contribution in [-0.2, 0) is 11.2 Å². The third-order valence-electron chi connectivity index (χ3n) is 2.69. The zero-order chi connectivity index (χ0) is 12.0. The Kier molecular flexibility index (Phi) is 4.94. The predicted octanol–water partition coefficient (Wildman–Crippen LogP) is 3.92. The second kappa shape index (κ2) is 5.99. The number of carbonyl (C=O) groups is 1. The number of aryl methyl sites for hydroxylation is 1. The first-order valence-corrected chi connectivity index (χ1v) is 9.74. The van der Waals surface area contributed by atoms with Crippen molar-refractivity contribution in [3.63, 3.8) is 0 Å². The molecule has 1 rings (SSSR count). The SMILES string of the molecule is C[Si](C)(C)CCC(=O)CCc1ccccc1. The summed E-state index contributed by atoms with van der Waals surface area (Å²) in [6, 6.07) is 11.4. The number of hydrogen-bond donors (Lipinski definition) is 0. The summed E-state index contributed by atoms with van der Waals surface area (Å²) in [5.74, 6) is 0.422. The lowest BCUT2D eigenvalue weighted by Gasteiger charge is -2.14. The predicted molar refractivity (Wildman–Crippen MR) is 72.5 cm³/mol. The van der Waals surface area contributed by atoms with E-state index in [1.807, 2.05) is 18.2 Å². The molecule has 0 aliphatic carbocycles. The molecule has 0 spiro atoms. The maximum Gasteiger partial charge on any atom is 0.132 e. The van der Waals surface area contributed by atoms with Gasteiger partial charge >= 0.3 is 0 Å². The molecule has 0 unspecified atom stereocenters. The van der Waals surface area contributed by atoms with E-state index >= 15 is 0 Å². The van der Waals surface area contributed by atoms with Gasteiger partial charge < -0.3 is 0 Å². The summed E-state index contributed by atoms with van der Waals surface area (Å²) in [7, 11) is -1.05. The molecule has 0 aliphatic rings. The minimum absolute atomic E-state index is 0.422. The fraction of sp³-hybridized carbons (Fsp3) is 0.500. The number of ketones is 1. The van der Waals surface area contributed by atoms with Crippen LogP contribution in [0.25, 0.3) is 0 Å². The third kappa shape index (κ3) is 5.86. The topological polar surface area (TPSA) is 17.1 Å². The lowest BCUT2D eigenvalue weighted by Crippen LogP contribution is -2.20. The molecule has 0 heterocycles. The molecule has 1 nitrogen and oxygen atoms in total. The maximum atomic E-state index is 11.7. The first-order chi connectivity index (χ1) is 7.47. The van der Waals surface area contributed by atoms with Gasteiger partial charge in [0, 0.05) is 20.9 Å². The lowest BCUT2D eigenvalue weighted by atomic mass is 10.1. The molecule has 0 aromatic heterocycles. The summed E-state index contributed by atoms with van der Waals surface area (Å²) in [5.41, 5.74) is 1.27. The van der Waals surface area contributed by atoms with Crippen LogP contribution in [0.5, 0.6) is 0 Å². The molecule has 88 valence electrons. The highest BCUT2D eigenvalue weighted by molar-refractivity contribution is 6.76. The van der Waals surface area contributed by atoms with Gasteiger partial charge in [-0.3, -0.25) is 4.79 Å². The zero-order valence-corrected chi connectivity index (χ0v) is 11.6. The summed E-state index contributed by atoms with van der Waals surface area (Å²) < 4.78 is 0. The van der Waals surface area contributed by atoms with Crippen molar-refractivity contribution in [1.29, 1.82) is 0 Å². The molecule has 0 fully saturated rings. The van der Waals surface area contributed by atoms with Crippen molar-refractivity contribution in [2.45, 2.75) is 44.9 Å². The van der Waals surface area contributed by atoms with E-state index in [1.54, 1.807) is 0 Å². The highest BCUT2D eigenvalue weighted by Crippen LogP contribution is 2.13. The Labute approximate surface area is 99.9 Å². The summed E-state index contributed by atoms with van der Waals surface area (Å²) in [4.78, 5) is 11.7. The summed E-state index contributed by atoms with van der Waals surface area (Å²) in [6.07, 6.45) is 2.38. The van der Waals surface area contributed by atoms with E-state index in [4.69, 9.17) is 0 Å². The molecular formula is C14H22OSi. The molecule has 0 radical (unpaired) electrons. The fourth-order valence-corrected chi connectivity index (χ4v) is 2.60. The van der Waals surface area contributed by atoms with E-state index in [1.165, 1.54) is 5.56 Å². The van der Waals surface area contributed by atoms with Crippen LogP contribution in [0.2, 0.25) is 25.7 Å². The van der Waals surface area contributed by atoms with E-state index in [0.717, 1.165) is 18.9 Å². The van der Waals surface area contributed by atoms with E-state index < -0.39 is 8.07 Å². The monoisotopic (exact) mass is 234 g/mol. The molecule has 2 heteroatoms. The molecule has 0 aliphatic heterocycles. The van der Waals surface area contributed by atoms with Gasteiger partial charge in [0.15, 0.2) is 0 Å². The van der Waals surface area contributed by atoms with Crippen molar-refractivity contribution in [3.05, 3.63) is 35.9 Å². The average molecular weight is 234 g/mol. The van der Waals surface area contributed by atoms with Crippen LogP contribution >= 0.6 is 0 Å². The molecule has 0 saturated heterocycles. The highest BCUT2D eigenvalue weighted by Gasteiger charge is 2.14. The van der Waals surface area contributed by atoms with Gasteiger partial charge in [0.05, 0.1) is 0 Å². The summed E-state index contributed by atoms with van der Waals surface area (Å²) >= 11 is 0. The second-order valence-corrected chi connectivity index (χ2v) is 11.2. The first-order valence-electron chi connectivity index (χ1n) is 6.03. The van der Waals surface area contributed by atoms with Crippen molar-refractivity contribution in [2.75, 3.05) is 0 Å². The fourth-order valence-electron chi connectivity index (χ4n) is 1.57. The molecule has 0 atom stereocenters. The Balaban J connectivity index is 2.26. The van der Waals surface area contributed by atoms with Crippen LogP contribution in [0.15, 0.2) is 30.3 Å². The van der Waals surface area contributed by atoms with Crippen molar-refractivity contribution in [2.24, 2.45) is 0 Å². The lowest BCUT2D eigenvalue weighted by molar-refractivity contribution is -0.118. The molecule has 0 amide bonds. The van der Waals surface area contributed by atoms with Crippen molar-refractivity contribution < 1.29 is 4.79 Å². The number of rotatable bonds is 6. The van der Waals surface area contributed by atoms with E-state index in [0.29, 0.717) is 12.2 Å². The molecular weight excluding hydrogens is 212 g/mol. The molecule has 0 saturated carbocycles. The Morgan fingerprint density at radius 1 is 1.06 bits per heavy atom. The van der Waals surface area contributed by atoms with Crippen LogP contribution in [0.4, 0.5) is 0 Å². The van der Waals surface area contributed by atoms with Crippen LogP contribution < -0.4 is 0 Å². The minimum atomic E-state index is -1.05. The number of hydrogen-bond acceptors (Lipinski definition) is 1. The van der Waals surface area contributed by atoms with Crippen LogP contribution in [0.3, 0.4) is 0 Å². The Hall–Kier alpha value is -0.893. The summed E-state index contributed by atoms with van der Waals surface area (Å²) in [5, 5.41) is 0. The maximum absolute atomic E-state index is 11.7. The van der Waals surface area contributed by atoms with Gasteiger partial charge in [-0.05, 0) is 12.0 Å². The highest BCUT2D eigenvalue weighted by atomic mass is 28.3. The number of carbonyl (C=O) groups excluding carboxylic acids is 1. The standard InChI is InChI=1S/C14H22OSi/c1-16(2,3)12-11-14(15)10-9-13-7-5-4-6-8-13/h4-8H,9-12H2,1-3H3. The van der Waals surface area contributed by atoms with Crippen molar-refractivity contribution in [3.8, 4) is 0 Å². The van der Waals surface area contributed by atoms with Crippen LogP contribution in [-0.4, -0.2) is 13.9 Å². The van der Waals surface area contributed by atoms with E-state index in [-0.39, 0.29) is 0 Å². The Morgan fingerprint density at radius 3 is 2.25 bits per heavy atom. The molecule has 1 aromatic rings. The minimum Gasteiger partial charge on any atom is -0.300 e. The van der Waals surface area contributed by atoms with Crippen molar-refractivity contribution in [1.82, 2.24) is 0 Å². The Bertz CT molecular complexity index is 324. The average Bonchev–Trinajstić information content (AvgIpc) is 2.24. The Morgan fingerprint density at radius 2 is 1.69 bits per heavy atom. The van der Waals surface area contributed by atoms with E-state index in [9.17, 15) is 4.79 Å². The smallest absolute Gasteiger partial charge is 0.132 e. The zero-order valence-electron chi connectivity index (χ0n) is 10.6. The second-order valence-electron chi connectivity index (χ2n) is 5.58. The molecule has 0 bridgehead atoms. The molecule has 16 heavy (non-hydrogen) atoms. The normalized spacial score (nSPS) is 11.4. The first kappa shape index (κ1) is 13.2. The van der Waals surface area contributed by atoms with Gasteiger partial charge in [0.25, 0.3) is 0 Å². The third-order valence-corrected chi connectivity index (χ3v) is 4.44. The van der Waals surface area contributed by atoms with Gasteiger partial charge in [-0.2, -0.15) is 0 Å². The van der Waals surface area contributed by atoms with Gasteiger partial charge in [-0.1, -0.05) is 56.0 Å². The van der Waals surface area contributed by atoms with Gasteiger partial charge in [0.1, 0.15) is 5.78 Å². The quantitative estimate of drug-likeness (QED) is 0.682. The largest absolute Gasteiger partial charge is 0.300 e.